The number of rotatable bonds is 4. The number of nitriles is 2. The van der Waals surface area contributed by atoms with Gasteiger partial charge in [-0.15, -0.1) is 0 Å². The van der Waals surface area contributed by atoms with Gasteiger partial charge in [0.25, 0.3) is 0 Å². The molecule has 0 saturated carbocycles. The molecular weight excluding hydrogens is 246 g/mol. The first-order chi connectivity index (χ1) is 9.04. The van der Waals surface area contributed by atoms with Crippen LogP contribution in [0.1, 0.15) is 12.5 Å². The lowest BCUT2D eigenvalue weighted by Crippen LogP contribution is -2.40. The van der Waals surface area contributed by atoms with Gasteiger partial charge in [-0.25, -0.2) is 0 Å². The summed E-state index contributed by atoms with van der Waals surface area (Å²) >= 11 is 0. The van der Waals surface area contributed by atoms with Gasteiger partial charge in [0.1, 0.15) is 11.2 Å². The average molecular weight is 259 g/mol. The van der Waals surface area contributed by atoms with Crippen molar-refractivity contribution in [2.75, 3.05) is 14.2 Å². The predicted octanol–water partition coefficient (Wildman–Crippen LogP) is 1.18. The summed E-state index contributed by atoms with van der Waals surface area (Å²) in [5, 5.41) is 18.1. The molecule has 1 rings (SSSR count). The number of nitrogens with zero attached hydrogens (tertiary/aromatic N) is 3. The molecule has 0 aliphatic carbocycles. The molecule has 19 heavy (non-hydrogen) atoms. The van der Waals surface area contributed by atoms with Gasteiger partial charge in [-0.05, 0) is 18.6 Å². The van der Waals surface area contributed by atoms with E-state index in [1.165, 1.54) is 33.5 Å². The van der Waals surface area contributed by atoms with Crippen molar-refractivity contribution in [3.8, 4) is 17.9 Å². The van der Waals surface area contributed by atoms with Crippen molar-refractivity contribution in [2.45, 2.75) is 12.3 Å². The summed E-state index contributed by atoms with van der Waals surface area (Å²) in [6.45, 7) is 1.48. The van der Waals surface area contributed by atoms with E-state index in [-0.39, 0.29) is 0 Å². The molecule has 0 N–H and O–H groups in total. The summed E-state index contributed by atoms with van der Waals surface area (Å²) in [5.74, 6) is -1.42. The number of carbonyl (C=O) groups is 1. The lowest BCUT2D eigenvalue weighted by atomic mass is 9.73. The maximum atomic E-state index is 12.0. The molecule has 1 aromatic heterocycles. The molecule has 1 aromatic rings. The van der Waals surface area contributed by atoms with Crippen LogP contribution in [0.4, 0.5) is 0 Å². The Hall–Kier alpha value is -2.60. The number of carbonyl (C=O) groups excluding carboxylic acids is 1. The third-order valence-electron chi connectivity index (χ3n) is 2.99. The van der Waals surface area contributed by atoms with Gasteiger partial charge in [0.2, 0.25) is 0 Å². The zero-order chi connectivity index (χ0) is 14.5. The van der Waals surface area contributed by atoms with Crippen LogP contribution in [-0.4, -0.2) is 25.2 Å². The van der Waals surface area contributed by atoms with Crippen LogP contribution in [0.15, 0.2) is 18.5 Å². The van der Waals surface area contributed by atoms with Crippen molar-refractivity contribution < 1.29 is 14.3 Å². The fourth-order valence-electron chi connectivity index (χ4n) is 1.72. The summed E-state index contributed by atoms with van der Waals surface area (Å²) in [6.07, 6.45) is 2.88. The van der Waals surface area contributed by atoms with E-state index in [0.717, 1.165) is 0 Å². The fourth-order valence-corrected chi connectivity index (χ4v) is 1.72. The molecule has 0 fully saturated rings. The molecule has 98 valence electrons. The van der Waals surface area contributed by atoms with E-state index in [2.05, 4.69) is 4.98 Å². The number of pyridine rings is 1. The van der Waals surface area contributed by atoms with Crippen molar-refractivity contribution in [3.05, 3.63) is 24.0 Å². The van der Waals surface area contributed by atoms with E-state index in [4.69, 9.17) is 20.0 Å². The van der Waals surface area contributed by atoms with Gasteiger partial charge in [-0.2, -0.15) is 10.5 Å². The Morgan fingerprint density at radius 3 is 2.47 bits per heavy atom. The third-order valence-corrected chi connectivity index (χ3v) is 2.99. The number of esters is 1. The van der Waals surface area contributed by atoms with Crippen LogP contribution in [0.5, 0.6) is 5.75 Å². The quantitative estimate of drug-likeness (QED) is 0.753. The Bertz CT molecular complexity index is 545. The minimum Gasteiger partial charge on any atom is -0.495 e. The van der Waals surface area contributed by atoms with E-state index >= 15 is 0 Å². The largest absolute Gasteiger partial charge is 0.495 e. The molecule has 6 heteroatoms. The number of methoxy groups -OCH3 is 2. The Balaban J connectivity index is 3.44. The molecule has 6 nitrogen and oxygen atoms in total. The van der Waals surface area contributed by atoms with Gasteiger partial charge < -0.3 is 9.47 Å². The maximum absolute atomic E-state index is 12.0. The first-order valence-electron chi connectivity index (χ1n) is 5.41. The van der Waals surface area contributed by atoms with Gasteiger partial charge in [0.05, 0.1) is 32.6 Å². The number of aromatic nitrogens is 1. The van der Waals surface area contributed by atoms with Crippen LogP contribution in [-0.2, 0) is 14.9 Å². The number of hydrogen-bond donors (Lipinski definition) is 0. The first-order valence-corrected chi connectivity index (χ1v) is 5.41. The molecular formula is C13H13N3O3. The zero-order valence-corrected chi connectivity index (χ0v) is 10.9. The normalized spacial score (nSPS) is 12.9. The molecule has 0 saturated heterocycles. The van der Waals surface area contributed by atoms with E-state index in [9.17, 15) is 4.79 Å². The second-order valence-electron chi connectivity index (χ2n) is 4.00. The molecule has 1 unspecified atom stereocenters. The van der Waals surface area contributed by atoms with Crippen molar-refractivity contribution in [3.63, 3.8) is 0 Å². The fraction of sp³-hybridized carbons (Fsp3) is 0.385. The van der Waals surface area contributed by atoms with Gasteiger partial charge in [0, 0.05) is 6.20 Å². The van der Waals surface area contributed by atoms with E-state index in [1.807, 2.05) is 12.1 Å². The van der Waals surface area contributed by atoms with Crippen molar-refractivity contribution in [1.82, 2.24) is 4.98 Å². The van der Waals surface area contributed by atoms with E-state index < -0.39 is 17.3 Å². The maximum Gasteiger partial charge on any atom is 0.318 e. The molecule has 0 aliphatic heterocycles. The Morgan fingerprint density at radius 1 is 1.37 bits per heavy atom. The lowest BCUT2D eigenvalue weighted by Gasteiger charge is -2.27. The molecule has 0 radical (unpaired) electrons. The van der Waals surface area contributed by atoms with E-state index in [0.29, 0.717) is 11.3 Å². The summed E-state index contributed by atoms with van der Waals surface area (Å²) in [4.78, 5) is 15.9. The molecule has 1 heterocycles. The predicted molar refractivity (Wildman–Crippen MR) is 64.9 cm³/mol. The highest BCUT2D eigenvalue weighted by molar-refractivity contribution is 5.84. The average Bonchev–Trinajstić information content (AvgIpc) is 2.47. The molecule has 0 aliphatic rings. The lowest BCUT2D eigenvalue weighted by molar-refractivity contribution is -0.147. The van der Waals surface area contributed by atoms with Crippen molar-refractivity contribution in [2.24, 2.45) is 5.92 Å². The molecule has 0 aromatic carbocycles. The van der Waals surface area contributed by atoms with Crippen LogP contribution in [0.3, 0.4) is 0 Å². The first kappa shape index (κ1) is 14.5. The minimum absolute atomic E-state index is 0.395. The Morgan fingerprint density at radius 2 is 2.00 bits per heavy atom. The topological polar surface area (TPSA) is 96.0 Å². The highest BCUT2D eigenvalue weighted by Crippen LogP contribution is 2.34. The third kappa shape index (κ3) is 2.48. The second kappa shape index (κ2) is 5.83. The SMILES string of the molecule is COC(=O)C(C)(c1cncc(OC)c1)C(C#N)C#N. The van der Waals surface area contributed by atoms with Crippen molar-refractivity contribution >= 4 is 5.97 Å². The smallest absolute Gasteiger partial charge is 0.318 e. The molecule has 0 amide bonds. The summed E-state index contributed by atoms with van der Waals surface area (Å²) < 4.78 is 9.75. The van der Waals surface area contributed by atoms with Gasteiger partial charge >= 0.3 is 5.97 Å². The van der Waals surface area contributed by atoms with Gasteiger partial charge in [-0.3, -0.25) is 9.78 Å². The molecule has 0 bridgehead atoms. The standard InChI is InChI=1S/C13H13N3O3/c1-13(12(17)19-3,10(5-14)6-15)9-4-11(18-2)8-16-7-9/h4,7-8,10H,1-3H3. The summed E-state index contributed by atoms with van der Waals surface area (Å²) in [6, 6.07) is 5.19. The van der Waals surface area contributed by atoms with Crippen molar-refractivity contribution in [1.29, 1.82) is 10.5 Å². The van der Waals surface area contributed by atoms with Gasteiger partial charge in [0.15, 0.2) is 5.92 Å². The van der Waals surface area contributed by atoms with Crippen LogP contribution in [0.25, 0.3) is 0 Å². The second-order valence-corrected chi connectivity index (χ2v) is 4.00. The number of ether oxygens (including phenoxy) is 2. The summed E-state index contributed by atoms with van der Waals surface area (Å²) in [7, 11) is 2.67. The molecule has 0 spiro atoms. The highest BCUT2D eigenvalue weighted by Gasteiger charge is 2.45. The van der Waals surface area contributed by atoms with Crippen LogP contribution in [0, 0.1) is 28.6 Å². The van der Waals surface area contributed by atoms with Crippen LogP contribution in [0.2, 0.25) is 0 Å². The highest BCUT2D eigenvalue weighted by atomic mass is 16.5. The Labute approximate surface area is 111 Å². The monoisotopic (exact) mass is 259 g/mol. The minimum atomic E-state index is -1.42. The number of hydrogen-bond acceptors (Lipinski definition) is 6. The Kier molecular flexibility index (Phi) is 4.44. The zero-order valence-electron chi connectivity index (χ0n) is 10.9. The molecule has 1 atom stereocenters. The van der Waals surface area contributed by atoms with Crippen LogP contribution < -0.4 is 4.74 Å². The van der Waals surface area contributed by atoms with Crippen LogP contribution >= 0.6 is 0 Å². The van der Waals surface area contributed by atoms with Gasteiger partial charge in [-0.1, -0.05) is 0 Å². The summed E-state index contributed by atoms with van der Waals surface area (Å²) in [5.41, 5.74) is -1.02. The van der Waals surface area contributed by atoms with E-state index in [1.54, 1.807) is 6.07 Å².